The van der Waals surface area contributed by atoms with E-state index in [1.807, 2.05) is 54.6 Å². The van der Waals surface area contributed by atoms with E-state index < -0.39 is 0 Å². The van der Waals surface area contributed by atoms with Crippen LogP contribution in [0.25, 0.3) is 22.3 Å². The van der Waals surface area contributed by atoms with E-state index in [0.717, 1.165) is 27.9 Å². The van der Waals surface area contributed by atoms with Crippen LogP contribution in [-0.2, 0) is 0 Å². The van der Waals surface area contributed by atoms with E-state index in [2.05, 4.69) is 15.3 Å². The van der Waals surface area contributed by atoms with Crippen LogP contribution in [0.3, 0.4) is 0 Å². The van der Waals surface area contributed by atoms with E-state index >= 15 is 0 Å². The van der Waals surface area contributed by atoms with Gasteiger partial charge in [0, 0.05) is 29.0 Å². The predicted molar refractivity (Wildman–Crippen MR) is 104 cm³/mol. The molecule has 1 N–H and O–H groups in total. The van der Waals surface area contributed by atoms with Gasteiger partial charge in [0.2, 0.25) is 0 Å². The van der Waals surface area contributed by atoms with Crippen molar-refractivity contribution >= 4 is 35.7 Å². The quantitative estimate of drug-likeness (QED) is 0.579. The zero-order chi connectivity index (χ0) is 17.9. The summed E-state index contributed by atoms with van der Waals surface area (Å²) in [7, 11) is 7.41. The number of methoxy groups -OCH3 is 1. The molecule has 0 saturated heterocycles. The molecule has 26 heavy (non-hydrogen) atoms. The maximum atomic E-state index is 5.77. The van der Waals surface area contributed by atoms with E-state index in [1.54, 1.807) is 19.5 Å². The lowest BCUT2D eigenvalue weighted by Crippen LogP contribution is -2.03. The second kappa shape index (κ2) is 6.84. The van der Waals surface area contributed by atoms with Crippen LogP contribution in [0.2, 0.25) is 0 Å². The fourth-order valence-corrected chi connectivity index (χ4v) is 2.66. The zero-order valence-corrected chi connectivity index (χ0v) is 14.2. The second-order valence-corrected chi connectivity index (χ2v) is 5.77. The predicted octanol–water partition coefficient (Wildman–Crippen LogP) is 3.24. The third-order valence-electron chi connectivity index (χ3n) is 4.00. The summed E-state index contributed by atoms with van der Waals surface area (Å²) in [5.41, 5.74) is 3.27. The number of aromatic nitrogens is 3. The van der Waals surface area contributed by atoms with Gasteiger partial charge in [0.1, 0.15) is 19.4 Å². The smallest absolute Gasteiger partial charge is 0.163 e. The minimum absolute atomic E-state index is 0.605. The summed E-state index contributed by atoms with van der Waals surface area (Å²) >= 11 is 0. The average molecular weight is 338 g/mol. The summed E-state index contributed by atoms with van der Waals surface area (Å²) in [6.45, 7) is 0. The molecule has 4 rings (SSSR count). The maximum absolute atomic E-state index is 5.77. The van der Waals surface area contributed by atoms with Gasteiger partial charge in [-0.3, -0.25) is 4.98 Å². The fourth-order valence-electron chi connectivity index (χ4n) is 2.66. The molecule has 5 nitrogen and oxygen atoms in total. The number of pyridine rings is 1. The van der Waals surface area contributed by atoms with Gasteiger partial charge in [-0.1, -0.05) is 17.6 Å². The molecule has 0 fully saturated rings. The maximum Gasteiger partial charge on any atom is 0.163 e. The normalized spacial score (nSPS) is 10.7. The van der Waals surface area contributed by atoms with Crippen molar-refractivity contribution < 1.29 is 4.74 Å². The molecule has 124 valence electrons. The number of rotatable bonds is 4. The Morgan fingerprint density at radius 3 is 2.58 bits per heavy atom. The van der Waals surface area contributed by atoms with Gasteiger partial charge in [-0.25, -0.2) is 9.97 Å². The third-order valence-corrected chi connectivity index (χ3v) is 4.00. The number of ether oxygens (including phenoxy) is 1. The van der Waals surface area contributed by atoms with E-state index in [4.69, 9.17) is 17.6 Å². The highest BCUT2D eigenvalue weighted by Gasteiger charge is 2.11. The van der Waals surface area contributed by atoms with E-state index in [-0.39, 0.29) is 0 Å². The van der Waals surface area contributed by atoms with Gasteiger partial charge in [0.25, 0.3) is 0 Å². The summed E-state index contributed by atoms with van der Waals surface area (Å²) in [6.07, 6.45) is 3.47. The van der Waals surface area contributed by atoms with Gasteiger partial charge in [-0.05, 0) is 42.5 Å². The van der Waals surface area contributed by atoms with Crippen molar-refractivity contribution in [3.05, 3.63) is 67.0 Å². The van der Waals surface area contributed by atoms with E-state index in [9.17, 15) is 0 Å². The van der Waals surface area contributed by atoms with Gasteiger partial charge in [0.15, 0.2) is 5.82 Å². The second-order valence-electron chi connectivity index (χ2n) is 5.77. The van der Waals surface area contributed by atoms with Crippen molar-refractivity contribution in [3.8, 4) is 17.1 Å². The van der Waals surface area contributed by atoms with E-state index in [1.165, 1.54) is 0 Å². The van der Waals surface area contributed by atoms with Gasteiger partial charge in [-0.2, -0.15) is 0 Å². The van der Waals surface area contributed by atoms with Crippen LogP contribution in [0.5, 0.6) is 5.75 Å². The van der Waals surface area contributed by atoms with Crippen LogP contribution in [0, 0.1) is 0 Å². The molecule has 0 spiro atoms. The molecule has 0 unspecified atom stereocenters. The minimum atomic E-state index is 0.605. The molecule has 4 aromatic rings. The number of hydrogen-bond donors (Lipinski definition) is 1. The van der Waals surface area contributed by atoms with Crippen molar-refractivity contribution in [2.45, 2.75) is 0 Å². The molecule has 0 aliphatic carbocycles. The zero-order valence-electron chi connectivity index (χ0n) is 14.2. The molecule has 0 bridgehead atoms. The molecule has 0 amide bonds. The Balaban J connectivity index is 1.87. The molecule has 2 heterocycles. The number of nitrogens with zero attached hydrogens (tertiary/aromatic N) is 3. The van der Waals surface area contributed by atoms with Crippen molar-refractivity contribution in [1.29, 1.82) is 0 Å². The first-order valence-corrected chi connectivity index (χ1v) is 8.12. The lowest BCUT2D eigenvalue weighted by molar-refractivity contribution is 0.415. The summed E-state index contributed by atoms with van der Waals surface area (Å²) < 4.78 is 5.35. The Morgan fingerprint density at radius 2 is 1.85 bits per heavy atom. The van der Waals surface area contributed by atoms with Crippen molar-refractivity contribution in [3.63, 3.8) is 0 Å². The Hall–Kier alpha value is -3.41. The number of anilines is 2. The Labute approximate surface area is 152 Å². The van der Waals surface area contributed by atoms with Gasteiger partial charge >= 0.3 is 0 Å². The molecule has 2 aromatic carbocycles. The molecule has 2 aromatic heterocycles. The van der Waals surface area contributed by atoms with Crippen LogP contribution in [0.4, 0.5) is 11.5 Å². The summed E-state index contributed by atoms with van der Waals surface area (Å²) in [5.74, 6) is 2.04. The minimum Gasteiger partial charge on any atom is -0.497 e. The number of nitrogens with one attached hydrogen (secondary N) is 1. The standard InChI is InChI=1S/C20H15BN4O/c1-26-16-8-9-18-17(11-16)20(23-15-6-4-14(21)5-7-15)25-19(24-18)13-3-2-10-22-12-13/h2-12H,1H3,(H,23,24,25). The molecular formula is C20H15BN4O. The third kappa shape index (κ3) is 3.21. The van der Waals surface area contributed by atoms with E-state index in [0.29, 0.717) is 17.1 Å². The fraction of sp³-hybridized carbons (Fsp3) is 0.0500. The van der Waals surface area contributed by atoms with Crippen LogP contribution in [0.1, 0.15) is 0 Å². The molecule has 0 saturated carbocycles. The van der Waals surface area contributed by atoms with Crippen LogP contribution < -0.4 is 15.5 Å². The molecule has 0 aliphatic rings. The van der Waals surface area contributed by atoms with Crippen molar-refractivity contribution in [1.82, 2.24) is 15.0 Å². The summed E-state index contributed by atoms with van der Waals surface area (Å²) in [4.78, 5) is 13.5. The molecule has 6 heteroatoms. The van der Waals surface area contributed by atoms with Crippen LogP contribution >= 0.6 is 0 Å². The Bertz CT molecular complexity index is 1050. The summed E-state index contributed by atoms with van der Waals surface area (Å²) in [5, 5.41) is 4.22. The molecular weight excluding hydrogens is 323 g/mol. The molecule has 0 aliphatic heterocycles. The first-order chi connectivity index (χ1) is 12.7. The Morgan fingerprint density at radius 1 is 1.00 bits per heavy atom. The highest BCUT2D eigenvalue weighted by Crippen LogP contribution is 2.29. The highest BCUT2D eigenvalue weighted by molar-refractivity contribution is 6.32. The number of hydrogen-bond acceptors (Lipinski definition) is 5. The lowest BCUT2D eigenvalue weighted by Gasteiger charge is -2.12. The van der Waals surface area contributed by atoms with Gasteiger partial charge in [-0.15, -0.1) is 0 Å². The lowest BCUT2D eigenvalue weighted by atomic mass is 9.96. The Kier molecular flexibility index (Phi) is 4.23. The SMILES string of the molecule is [B]c1ccc(Nc2nc(-c3cccnc3)nc3ccc(OC)cc23)cc1. The monoisotopic (exact) mass is 338 g/mol. The van der Waals surface area contributed by atoms with Crippen molar-refractivity contribution in [2.24, 2.45) is 0 Å². The topological polar surface area (TPSA) is 59.9 Å². The first-order valence-electron chi connectivity index (χ1n) is 8.12. The van der Waals surface area contributed by atoms with Gasteiger partial charge < -0.3 is 10.1 Å². The average Bonchev–Trinajstić information content (AvgIpc) is 2.70. The van der Waals surface area contributed by atoms with Crippen molar-refractivity contribution in [2.75, 3.05) is 12.4 Å². The first kappa shape index (κ1) is 16.1. The van der Waals surface area contributed by atoms with Crippen LogP contribution in [-0.4, -0.2) is 29.9 Å². The van der Waals surface area contributed by atoms with Crippen LogP contribution in [0.15, 0.2) is 67.0 Å². The number of benzene rings is 2. The number of fused-ring (bicyclic) bond motifs is 1. The summed E-state index contributed by atoms with van der Waals surface area (Å²) in [6, 6.07) is 17.0. The molecule has 2 radical (unpaired) electrons. The highest BCUT2D eigenvalue weighted by atomic mass is 16.5. The van der Waals surface area contributed by atoms with Gasteiger partial charge in [0.05, 0.1) is 12.6 Å². The molecule has 0 atom stereocenters. The largest absolute Gasteiger partial charge is 0.497 e.